The minimum Gasteiger partial charge on any atom is -0.483 e. The lowest BCUT2D eigenvalue weighted by molar-refractivity contribution is 0.262. The van der Waals surface area contributed by atoms with Crippen LogP contribution in [0.3, 0.4) is 0 Å². The van der Waals surface area contributed by atoms with Crippen LogP contribution in [0.2, 0.25) is 0 Å². The molecule has 118 valence electrons. The Hall–Kier alpha value is -2.57. The first kappa shape index (κ1) is 16.8. The van der Waals surface area contributed by atoms with Gasteiger partial charge in [0.1, 0.15) is 6.61 Å². The Morgan fingerprint density at radius 3 is 2.09 bits per heavy atom. The predicted octanol–water partition coefficient (Wildman–Crippen LogP) is 1.37. The minimum absolute atomic E-state index is 0.164. The van der Waals surface area contributed by atoms with Gasteiger partial charge in [-0.05, 0) is 6.07 Å². The van der Waals surface area contributed by atoms with E-state index in [4.69, 9.17) is 20.0 Å². The summed E-state index contributed by atoms with van der Waals surface area (Å²) < 4.78 is 59.4. The molecule has 0 saturated carbocycles. The Bertz CT molecular complexity index is 763. The fourth-order valence-corrected chi connectivity index (χ4v) is 1.89. The summed E-state index contributed by atoms with van der Waals surface area (Å²) in [6, 6.07) is 7.79. The summed E-state index contributed by atoms with van der Waals surface area (Å²) in [6.45, 7) is -0.516. The maximum absolute atomic E-state index is 13.8. The molecular weight excluding hydrogens is 317 g/mol. The van der Waals surface area contributed by atoms with Crippen LogP contribution in [0, 0.1) is 34.6 Å². The number of ether oxygens (including phenoxy) is 1. The molecule has 0 aliphatic rings. The average molecular weight is 325 g/mol. The van der Waals surface area contributed by atoms with Crippen molar-refractivity contribution in [3.05, 3.63) is 58.7 Å². The van der Waals surface area contributed by atoms with Crippen molar-refractivity contribution in [2.45, 2.75) is 6.61 Å². The standard InChI is InChI=1S/C14H8BF4NO3/c16-10-9(15(21)22)11(17)13(19)14(12(10)18)23-6-8-4-2-1-3-7(8)5-20/h1-4,21-22H,6H2. The molecule has 2 aromatic carbocycles. The summed E-state index contributed by atoms with van der Waals surface area (Å²) in [7, 11) is -2.73. The SMILES string of the molecule is N#Cc1ccccc1COc1c(F)c(F)c(B(O)O)c(F)c1F. The Balaban J connectivity index is 2.40. The van der Waals surface area contributed by atoms with Crippen molar-refractivity contribution in [1.82, 2.24) is 0 Å². The molecule has 2 N–H and O–H groups in total. The van der Waals surface area contributed by atoms with Crippen LogP contribution in [0.15, 0.2) is 24.3 Å². The van der Waals surface area contributed by atoms with Gasteiger partial charge in [0.15, 0.2) is 17.4 Å². The number of nitriles is 1. The first-order valence-electron chi connectivity index (χ1n) is 6.21. The van der Waals surface area contributed by atoms with E-state index in [2.05, 4.69) is 0 Å². The normalized spacial score (nSPS) is 10.3. The zero-order valence-electron chi connectivity index (χ0n) is 11.4. The van der Waals surface area contributed by atoms with Crippen LogP contribution in [0.25, 0.3) is 0 Å². The molecule has 0 bridgehead atoms. The number of halogens is 4. The van der Waals surface area contributed by atoms with E-state index in [1.165, 1.54) is 12.1 Å². The third-order valence-corrected chi connectivity index (χ3v) is 3.03. The van der Waals surface area contributed by atoms with Gasteiger partial charge in [-0.1, -0.05) is 18.2 Å². The smallest absolute Gasteiger partial charge is 0.483 e. The monoisotopic (exact) mass is 325 g/mol. The largest absolute Gasteiger partial charge is 0.494 e. The van der Waals surface area contributed by atoms with E-state index in [0.29, 0.717) is 0 Å². The fourth-order valence-electron chi connectivity index (χ4n) is 1.89. The molecule has 0 spiro atoms. The predicted molar refractivity (Wildman–Crippen MR) is 71.6 cm³/mol. The van der Waals surface area contributed by atoms with E-state index >= 15 is 0 Å². The maximum Gasteiger partial charge on any atom is 0.494 e. The molecule has 9 heteroatoms. The van der Waals surface area contributed by atoms with Crippen molar-refractivity contribution in [3.63, 3.8) is 0 Å². The highest BCUT2D eigenvalue weighted by Gasteiger charge is 2.32. The molecular formula is C14H8BF4NO3. The Kier molecular flexibility index (Phi) is 4.88. The van der Waals surface area contributed by atoms with E-state index < -0.39 is 48.2 Å². The summed E-state index contributed by atoms with van der Waals surface area (Å²) in [5, 5.41) is 26.4. The van der Waals surface area contributed by atoms with Crippen molar-refractivity contribution in [2.24, 2.45) is 0 Å². The average Bonchev–Trinajstić information content (AvgIpc) is 2.53. The summed E-state index contributed by atoms with van der Waals surface area (Å²) in [6.07, 6.45) is 0. The van der Waals surface area contributed by atoms with E-state index in [0.717, 1.165) is 0 Å². The lowest BCUT2D eigenvalue weighted by atomic mass is 9.79. The Morgan fingerprint density at radius 2 is 1.57 bits per heavy atom. The van der Waals surface area contributed by atoms with Crippen LogP contribution in [0.4, 0.5) is 17.6 Å². The zero-order valence-corrected chi connectivity index (χ0v) is 11.4. The van der Waals surface area contributed by atoms with Crippen molar-refractivity contribution < 1.29 is 32.3 Å². The lowest BCUT2D eigenvalue weighted by Gasteiger charge is -2.13. The summed E-state index contributed by atoms with van der Waals surface area (Å²) in [5.41, 5.74) is -1.14. The van der Waals surface area contributed by atoms with E-state index in [1.54, 1.807) is 12.1 Å². The van der Waals surface area contributed by atoms with Crippen LogP contribution < -0.4 is 10.2 Å². The van der Waals surface area contributed by atoms with Crippen LogP contribution in [0.1, 0.15) is 11.1 Å². The highest BCUT2D eigenvalue weighted by atomic mass is 19.2. The zero-order chi connectivity index (χ0) is 17.1. The fraction of sp³-hybridized carbons (Fsp3) is 0.0714. The van der Waals surface area contributed by atoms with E-state index in [9.17, 15) is 17.6 Å². The summed E-state index contributed by atoms with van der Waals surface area (Å²) in [5.74, 6) is -9.09. The minimum atomic E-state index is -2.73. The molecule has 2 rings (SSSR count). The number of nitrogens with zero attached hydrogens (tertiary/aromatic N) is 1. The molecule has 2 aromatic rings. The molecule has 0 fully saturated rings. The van der Waals surface area contributed by atoms with Gasteiger partial charge < -0.3 is 14.8 Å². The molecule has 0 unspecified atom stereocenters. The molecule has 0 aliphatic carbocycles. The van der Waals surface area contributed by atoms with Crippen molar-refractivity contribution >= 4 is 12.6 Å². The molecule has 0 saturated heterocycles. The van der Waals surface area contributed by atoms with Gasteiger partial charge in [0.2, 0.25) is 11.6 Å². The van der Waals surface area contributed by atoms with Gasteiger partial charge in [0, 0.05) is 5.56 Å². The number of benzene rings is 2. The van der Waals surface area contributed by atoms with Gasteiger partial charge in [-0.25, -0.2) is 8.78 Å². The van der Waals surface area contributed by atoms with Gasteiger partial charge in [-0.2, -0.15) is 14.0 Å². The van der Waals surface area contributed by atoms with Crippen molar-refractivity contribution in [1.29, 1.82) is 5.26 Å². The Labute approximate surface area is 128 Å². The summed E-state index contributed by atoms with van der Waals surface area (Å²) in [4.78, 5) is 0. The number of hydrogen-bond acceptors (Lipinski definition) is 4. The maximum atomic E-state index is 13.8. The second-order valence-electron chi connectivity index (χ2n) is 4.43. The molecule has 23 heavy (non-hydrogen) atoms. The first-order chi connectivity index (χ1) is 10.9. The highest BCUT2D eigenvalue weighted by molar-refractivity contribution is 6.58. The van der Waals surface area contributed by atoms with E-state index in [1.807, 2.05) is 6.07 Å². The molecule has 0 aliphatic heterocycles. The second-order valence-corrected chi connectivity index (χ2v) is 4.43. The van der Waals surface area contributed by atoms with Crippen LogP contribution in [-0.2, 0) is 6.61 Å². The van der Waals surface area contributed by atoms with E-state index in [-0.39, 0.29) is 11.1 Å². The quantitative estimate of drug-likeness (QED) is 0.506. The topological polar surface area (TPSA) is 73.5 Å². The third-order valence-electron chi connectivity index (χ3n) is 3.03. The summed E-state index contributed by atoms with van der Waals surface area (Å²) >= 11 is 0. The lowest BCUT2D eigenvalue weighted by Crippen LogP contribution is -2.37. The number of rotatable bonds is 4. The molecule has 0 heterocycles. The van der Waals surface area contributed by atoms with Gasteiger partial charge >= 0.3 is 7.12 Å². The van der Waals surface area contributed by atoms with Crippen LogP contribution in [0.5, 0.6) is 5.75 Å². The van der Waals surface area contributed by atoms with Gasteiger partial charge in [-0.3, -0.25) is 0 Å². The molecule has 0 radical (unpaired) electrons. The van der Waals surface area contributed by atoms with Gasteiger partial charge in [-0.15, -0.1) is 0 Å². The molecule has 0 atom stereocenters. The Morgan fingerprint density at radius 1 is 1.00 bits per heavy atom. The van der Waals surface area contributed by atoms with Crippen LogP contribution in [-0.4, -0.2) is 17.2 Å². The first-order valence-corrected chi connectivity index (χ1v) is 6.21. The molecule has 0 amide bonds. The molecule has 4 nitrogen and oxygen atoms in total. The van der Waals surface area contributed by atoms with Crippen molar-refractivity contribution in [2.75, 3.05) is 0 Å². The highest BCUT2D eigenvalue weighted by Crippen LogP contribution is 2.26. The van der Waals surface area contributed by atoms with Crippen LogP contribution >= 0.6 is 0 Å². The van der Waals surface area contributed by atoms with Crippen molar-refractivity contribution in [3.8, 4) is 11.8 Å². The third kappa shape index (κ3) is 3.13. The number of hydrogen-bond donors (Lipinski definition) is 2. The van der Waals surface area contributed by atoms with Gasteiger partial charge in [0.25, 0.3) is 0 Å². The van der Waals surface area contributed by atoms with Gasteiger partial charge in [0.05, 0.1) is 17.1 Å². The molecule has 0 aromatic heterocycles. The second kappa shape index (κ2) is 6.68.